The molecule has 1 rings (SSSR count). The fraction of sp³-hybridized carbons (Fsp3) is 0.951. The number of rotatable bonds is 33. The maximum atomic E-state index is 13.8. The minimum atomic E-state index is -1.42. The van der Waals surface area contributed by atoms with Crippen LogP contribution in [0.2, 0.25) is 0 Å². The molecule has 1 aliphatic rings. The van der Waals surface area contributed by atoms with E-state index < -0.39 is 49.1 Å². The van der Waals surface area contributed by atoms with Crippen molar-refractivity contribution in [3.05, 3.63) is 0 Å². The molecule has 9 nitrogen and oxygen atoms in total. The molecular formula is C41H81N3O6. The molecule has 0 unspecified atom stereocenters. The molecule has 0 aromatic carbocycles. The van der Waals surface area contributed by atoms with Crippen molar-refractivity contribution in [1.82, 2.24) is 10.2 Å². The fourth-order valence-corrected chi connectivity index (χ4v) is 7.12. The van der Waals surface area contributed by atoms with Gasteiger partial charge in [-0.2, -0.15) is 0 Å². The topological polar surface area (TPSA) is 145 Å². The van der Waals surface area contributed by atoms with Gasteiger partial charge in [-0.1, -0.05) is 174 Å². The van der Waals surface area contributed by atoms with E-state index in [9.17, 15) is 24.9 Å². The zero-order valence-corrected chi connectivity index (χ0v) is 32.8. The number of nitrogens with one attached hydrogen (secondary N) is 1. The van der Waals surface area contributed by atoms with Crippen LogP contribution in [0, 0.1) is 0 Å². The van der Waals surface area contributed by atoms with Gasteiger partial charge in [-0.15, -0.1) is 0 Å². The fourth-order valence-electron chi connectivity index (χ4n) is 7.12. The third kappa shape index (κ3) is 21.3. The molecule has 0 radical (unpaired) electrons. The number of hydrogen-bond acceptors (Lipinski definition) is 7. The van der Waals surface area contributed by atoms with Gasteiger partial charge < -0.3 is 36.0 Å². The zero-order valence-electron chi connectivity index (χ0n) is 32.8. The van der Waals surface area contributed by atoms with Gasteiger partial charge in [-0.25, -0.2) is 0 Å². The van der Waals surface area contributed by atoms with Crippen LogP contribution >= 0.6 is 0 Å². The first kappa shape index (κ1) is 46.8. The van der Waals surface area contributed by atoms with Crippen molar-refractivity contribution in [3.63, 3.8) is 0 Å². The summed E-state index contributed by atoms with van der Waals surface area (Å²) in [4.78, 5) is 28.0. The molecule has 6 atom stereocenters. The van der Waals surface area contributed by atoms with Crippen molar-refractivity contribution < 1.29 is 29.6 Å². The molecule has 50 heavy (non-hydrogen) atoms. The van der Waals surface area contributed by atoms with Crippen LogP contribution in [-0.4, -0.2) is 81.8 Å². The first-order chi connectivity index (χ1) is 24.3. The van der Waals surface area contributed by atoms with Crippen LogP contribution in [0.3, 0.4) is 0 Å². The Bertz CT molecular complexity index is 815. The van der Waals surface area contributed by atoms with Crippen molar-refractivity contribution in [2.24, 2.45) is 5.73 Å². The maximum absolute atomic E-state index is 13.8. The highest BCUT2D eigenvalue weighted by molar-refractivity contribution is 5.81. The van der Waals surface area contributed by atoms with Gasteiger partial charge >= 0.3 is 0 Å². The Kier molecular flexibility index (Phi) is 29.3. The molecule has 9 heteroatoms. The lowest BCUT2D eigenvalue weighted by molar-refractivity contribution is -0.231. The van der Waals surface area contributed by atoms with E-state index in [4.69, 9.17) is 10.5 Å². The average Bonchev–Trinajstić information content (AvgIpc) is 3.10. The summed E-state index contributed by atoms with van der Waals surface area (Å²) in [6.45, 7) is 5.96. The van der Waals surface area contributed by atoms with E-state index >= 15 is 0 Å². The summed E-state index contributed by atoms with van der Waals surface area (Å²) in [6.07, 6.45) is 28.7. The molecule has 1 aliphatic heterocycles. The van der Waals surface area contributed by atoms with E-state index in [1.165, 1.54) is 135 Å². The molecule has 1 saturated heterocycles. The van der Waals surface area contributed by atoms with Gasteiger partial charge in [-0.3, -0.25) is 9.59 Å². The minimum Gasteiger partial charge on any atom is -0.394 e. The molecule has 2 amide bonds. The molecule has 6 N–H and O–H groups in total. The van der Waals surface area contributed by atoms with Crippen LogP contribution in [0.5, 0.6) is 0 Å². The van der Waals surface area contributed by atoms with E-state index in [0.29, 0.717) is 13.0 Å². The highest BCUT2D eigenvalue weighted by Gasteiger charge is 2.48. The lowest BCUT2D eigenvalue weighted by Crippen LogP contribution is -2.69. The number of aliphatic hydroxyl groups is 3. The lowest BCUT2D eigenvalue weighted by atomic mass is 9.94. The van der Waals surface area contributed by atoms with Gasteiger partial charge in [0.05, 0.1) is 12.6 Å². The van der Waals surface area contributed by atoms with Gasteiger partial charge in [0, 0.05) is 13.0 Å². The third-order valence-electron chi connectivity index (χ3n) is 10.5. The first-order valence-electron chi connectivity index (χ1n) is 21.3. The van der Waals surface area contributed by atoms with Gasteiger partial charge in [0.15, 0.2) is 6.23 Å². The van der Waals surface area contributed by atoms with Crippen LogP contribution in [0.4, 0.5) is 0 Å². The van der Waals surface area contributed by atoms with Crippen LogP contribution in [-0.2, 0) is 14.3 Å². The van der Waals surface area contributed by atoms with Crippen molar-refractivity contribution in [2.45, 2.75) is 237 Å². The van der Waals surface area contributed by atoms with E-state index in [-0.39, 0.29) is 5.91 Å². The molecule has 0 spiro atoms. The molecule has 0 aromatic heterocycles. The second kappa shape index (κ2) is 31.3. The Hall–Kier alpha value is -1.26. The van der Waals surface area contributed by atoms with Crippen molar-refractivity contribution in [3.8, 4) is 0 Å². The normalized spacial score (nSPS) is 21.3. The molecule has 1 heterocycles. The molecular weight excluding hydrogens is 630 g/mol. The van der Waals surface area contributed by atoms with Gasteiger partial charge in [0.2, 0.25) is 11.8 Å². The summed E-state index contributed by atoms with van der Waals surface area (Å²) in [5, 5.41) is 34.3. The molecule has 0 saturated carbocycles. The number of nitrogens with zero attached hydrogens (tertiary/aromatic N) is 1. The average molecular weight is 712 g/mol. The summed E-state index contributed by atoms with van der Waals surface area (Å²) < 4.78 is 6.07. The molecule has 1 fully saturated rings. The van der Waals surface area contributed by atoms with Crippen molar-refractivity contribution >= 4 is 11.8 Å². The quantitative estimate of drug-likeness (QED) is 0.0433. The van der Waals surface area contributed by atoms with Crippen LogP contribution < -0.4 is 11.1 Å². The third-order valence-corrected chi connectivity index (χ3v) is 10.5. The Morgan fingerprint density at radius 1 is 0.640 bits per heavy atom. The summed E-state index contributed by atoms with van der Waals surface area (Å²) in [5.41, 5.74) is 5.80. The predicted molar refractivity (Wildman–Crippen MR) is 206 cm³/mol. The molecule has 0 aromatic rings. The van der Waals surface area contributed by atoms with Crippen LogP contribution in [0.15, 0.2) is 0 Å². The van der Waals surface area contributed by atoms with Crippen LogP contribution in [0.1, 0.15) is 201 Å². The highest BCUT2D eigenvalue weighted by atomic mass is 16.5. The number of ether oxygens (including phenoxy) is 1. The Morgan fingerprint density at radius 3 is 1.40 bits per heavy atom. The Labute approximate surface area is 307 Å². The summed E-state index contributed by atoms with van der Waals surface area (Å²) in [5.74, 6) is -0.592. The van der Waals surface area contributed by atoms with Gasteiger partial charge in [-0.05, 0) is 19.8 Å². The summed E-state index contributed by atoms with van der Waals surface area (Å²) in [6, 6.07) is -1.90. The first-order valence-corrected chi connectivity index (χ1v) is 21.3. The Morgan fingerprint density at radius 2 is 1.02 bits per heavy atom. The predicted octanol–water partition coefficient (Wildman–Crippen LogP) is 8.05. The van der Waals surface area contributed by atoms with Crippen molar-refractivity contribution in [1.29, 1.82) is 0 Å². The zero-order chi connectivity index (χ0) is 36.8. The minimum absolute atomic E-state index is 0.0897. The Balaban J connectivity index is 2.59. The monoisotopic (exact) mass is 712 g/mol. The highest BCUT2D eigenvalue weighted by Crippen LogP contribution is 2.26. The second-order valence-electron chi connectivity index (χ2n) is 15.2. The number of amides is 2. The number of aliphatic hydroxyl groups excluding tert-OH is 3. The van der Waals surface area contributed by atoms with Crippen LogP contribution in [0.25, 0.3) is 0 Å². The summed E-state index contributed by atoms with van der Waals surface area (Å²) >= 11 is 0. The number of nitrogens with two attached hydrogens (primary N) is 1. The SMILES string of the molecule is CCCCCCCCCCCCCCCCCC(=O)N(CCCCCCCCCCCCCC)[C@@H]1O[C@H](CO)[C@H](O)[C@H](O)[C@H]1NC(=O)[C@H](C)N. The van der Waals surface area contributed by atoms with E-state index in [1.54, 1.807) is 11.8 Å². The number of hydrogen-bond donors (Lipinski definition) is 5. The molecule has 0 bridgehead atoms. The van der Waals surface area contributed by atoms with E-state index in [1.807, 2.05) is 0 Å². The second-order valence-corrected chi connectivity index (χ2v) is 15.2. The molecule has 0 aliphatic carbocycles. The molecule has 296 valence electrons. The number of carbonyl (C=O) groups excluding carboxylic acids is 2. The lowest BCUT2D eigenvalue weighted by Gasteiger charge is -2.47. The number of unbranched alkanes of at least 4 members (excludes halogenated alkanes) is 25. The smallest absolute Gasteiger partial charge is 0.237 e. The van der Waals surface area contributed by atoms with Gasteiger partial charge in [0.25, 0.3) is 0 Å². The maximum Gasteiger partial charge on any atom is 0.237 e. The number of carbonyl (C=O) groups is 2. The largest absolute Gasteiger partial charge is 0.394 e. The standard InChI is InChI=1S/C41H81N3O6/c1-4-6-8-10-12-14-16-18-19-20-21-23-25-27-29-31-36(46)44(32-30-28-26-24-22-17-15-13-11-9-7-5-2)41-37(43-40(49)34(3)42)39(48)38(47)35(33-45)50-41/h34-35,37-39,41,45,47-48H,4-33,42H2,1-3H3,(H,43,49)/t34-,35+,37+,38-,39+,41+/m0/s1. The summed E-state index contributed by atoms with van der Waals surface area (Å²) in [7, 11) is 0. The van der Waals surface area contributed by atoms with E-state index in [0.717, 1.165) is 38.5 Å². The van der Waals surface area contributed by atoms with E-state index in [2.05, 4.69) is 19.2 Å². The van der Waals surface area contributed by atoms with Crippen molar-refractivity contribution in [2.75, 3.05) is 13.2 Å². The van der Waals surface area contributed by atoms with Gasteiger partial charge in [0.1, 0.15) is 24.4 Å².